The van der Waals surface area contributed by atoms with Gasteiger partial charge in [0.1, 0.15) is 6.10 Å². The SMILES string of the molecule is CC/C=C/C/C=C/CCCCCCCC(CC(=O)NC(CO)C(O)CCCCCCCCCCCCCCC)OC(=O)CCCCCCCC/C=C/C=C/CCCCC. The first-order valence-electron chi connectivity index (χ1n) is 25.4. The highest BCUT2D eigenvalue weighted by Gasteiger charge is 2.24. The van der Waals surface area contributed by atoms with Gasteiger partial charge in [0.2, 0.25) is 5.91 Å². The Morgan fingerprint density at radius 2 is 0.966 bits per heavy atom. The summed E-state index contributed by atoms with van der Waals surface area (Å²) >= 11 is 0. The van der Waals surface area contributed by atoms with Gasteiger partial charge in [-0.15, -0.1) is 0 Å². The summed E-state index contributed by atoms with van der Waals surface area (Å²) in [5, 5.41) is 23.7. The van der Waals surface area contributed by atoms with E-state index in [0.29, 0.717) is 19.3 Å². The molecule has 344 valence electrons. The van der Waals surface area contributed by atoms with Crippen LogP contribution >= 0.6 is 0 Å². The second-order valence-electron chi connectivity index (χ2n) is 17.2. The van der Waals surface area contributed by atoms with Crippen molar-refractivity contribution in [3.63, 3.8) is 0 Å². The maximum Gasteiger partial charge on any atom is 0.306 e. The summed E-state index contributed by atoms with van der Waals surface area (Å²) in [6.07, 6.45) is 55.9. The molecule has 0 radical (unpaired) electrons. The van der Waals surface area contributed by atoms with Crippen LogP contribution in [0.4, 0.5) is 0 Å². The first-order chi connectivity index (χ1) is 29.0. The molecule has 6 nitrogen and oxygen atoms in total. The summed E-state index contributed by atoms with van der Waals surface area (Å²) in [6.45, 7) is 6.34. The summed E-state index contributed by atoms with van der Waals surface area (Å²) in [7, 11) is 0. The van der Waals surface area contributed by atoms with Crippen molar-refractivity contribution < 1.29 is 24.5 Å². The van der Waals surface area contributed by atoms with Crippen LogP contribution < -0.4 is 5.32 Å². The van der Waals surface area contributed by atoms with Gasteiger partial charge in [0.05, 0.1) is 25.2 Å². The molecule has 0 bridgehead atoms. The van der Waals surface area contributed by atoms with Crippen molar-refractivity contribution in [2.75, 3.05) is 6.61 Å². The second-order valence-corrected chi connectivity index (χ2v) is 17.2. The van der Waals surface area contributed by atoms with E-state index in [1.807, 2.05) is 0 Å². The number of nitrogens with one attached hydrogen (secondary N) is 1. The number of esters is 1. The van der Waals surface area contributed by atoms with Crippen molar-refractivity contribution in [3.05, 3.63) is 48.6 Å². The Balaban J connectivity index is 4.58. The molecule has 1 amide bonds. The van der Waals surface area contributed by atoms with Crippen molar-refractivity contribution in [1.82, 2.24) is 5.32 Å². The lowest BCUT2D eigenvalue weighted by molar-refractivity contribution is -0.151. The Morgan fingerprint density at radius 1 is 0.525 bits per heavy atom. The number of aliphatic hydroxyl groups excluding tert-OH is 2. The molecule has 0 fully saturated rings. The highest BCUT2D eigenvalue weighted by molar-refractivity contribution is 5.77. The molecule has 59 heavy (non-hydrogen) atoms. The molecule has 0 aliphatic rings. The van der Waals surface area contributed by atoms with Gasteiger partial charge in [-0.25, -0.2) is 0 Å². The number of hydrogen-bond donors (Lipinski definition) is 3. The number of amides is 1. The van der Waals surface area contributed by atoms with Crippen molar-refractivity contribution in [1.29, 1.82) is 0 Å². The molecule has 0 aromatic carbocycles. The van der Waals surface area contributed by atoms with Crippen LogP contribution in [0.3, 0.4) is 0 Å². The molecule has 3 unspecified atom stereocenters. The van der Waals surface area contributed by atoms with Crippen molar-refractivity contribution in [2.24, 2.45) is 0 Å². The fourth-order valence-corrected chi connectivity index (χ4v) is 7.58. The first-order valence-corrected chi connectivity index (χ1v) is 25.4. The summed E-state index contributed by atoms with van der Waals surface area (Å²) < 4.78 is 5.92. The number of unbranched alkanes of at least 4 members (excludes halogenated alkanes) is 26. The molecule has 0 aliphatic heterocycles. The second kappa shape index (κ2) is 46.9. The molecule has 0 spiro atoms. The monoisotopic (exact) mass is 828 g/mol. The molecule has 3 atom stereocenters. The van der Waals surface area contributed by atoms with Gasteiger partial charge < -0.3 is 20.3 Å². The Kier molecular flexibility index (Phi) is 45.1. The molecule has 0 saturated carbocycles. The Labute approximate surface area is 366 Å². The highest BCUT2D eigenvalue weighted by atomic mass is 16.5. The van der Waals surface area contributed by atoms with Gasteiger partial charge in [-0.05, 0) is 77.0 Å². The predicted molar refractivity (Wildman–Crippen MR) is 255 cm³/mol. The van der Waals surface area contributed by atoms with E-state index in [9.17, 15) is 19.8 Å². The highest BCUT2D eigenvalue weighted by Crippen LogP contribution is 2.18. The summed E-state index contributed by atoms with van der Waals surface area (Å²) in [5.41, 5.74) is 0. The maximum absolute atomic E-state index is 13.2. The van der Waals surface area contributed by atoms with Gasteiger partial charge in [0.15, 0.2) is 0 Å². The van der Waals surface area contributed by atoms with Crippen molar-refractivity contribution in [3.8, 4) is 0 Å². The first kappa shape index (κ1) is 56.8. The molecular weight excluding hydrogens is 731 g/mol. The zero-order chi connectivity index (χ0) is 43.1. The average molecular weight is 828 g/mol. The minimum Gasteiger partial charge on any atom is -0.462 e. The lowest BCUT2D eigenvalue weighted by atomic mass is 10.0. The van der Waals surface area contributed by atoms with Crippen LogP contribution in [0.25, 0.3) is 0 Å². The Hall–Kier alpha value is -2.18. The van der Waals surface area contributed by atoms with E-state index in [-0.39, 0.29) is 24.9 Å². The third-order valence-electron chi connectivity index (χ3n) is 11.4. The standard InChI is InChI=1S/C53H97NO5/c1-4-7-10-13-16-19-22-25-26-28-31-34-37-40-43-46-53(58)59-49(44-41-38-35-32-29-24-21-18-15-12-9-6-3)47-52(57)54-50(48-55)51(56)45-42-39-36-33-30-27-23-20-17-14-11-8-5-2/h9,12,16,18-19,21-22,25,49-51,55-56H,4-8,10-11,13-15,17,20,23-24,26-48H2,1-3H3,(H,54,57)/b12-9+,19-16+,21-18+,25-22+. The fraction of sp³-hybridized carbons (Fsp3) is 0.811. The van der Waals surface area contributed by atoms with E-state index in [0.717, 1.165) is 83.5 Å². The lowest BCUT2D eigenvalue weighted by Gasteiger charge is -2.24. The van der Waals surface area contributed by atoms with Crippen LogP contribution in [0.5, 0.6) is 0 Å². The van der Waals surface area contributed by atoms with Crippen LogP contribution in [0.2, 0.25) is 0 Å². The number of carbonyl (C=O) groups excluding carboxylic acids is 2. The number of ether oxygens (including phenoxy) is 1. The lowest BCUT2D eigenvalue weighted by Crippen LogP contribution is -2.46. The minimum atomic E-state index is -0.793. The zero-order valence-corrected chi connectivity index (χ0v) is 39.1. The predicted octanol–water partition coefficient (Wildman–Crippen LogP) is 15.1. The third-order valence-corrected chi connectivity index (χ3v) is 11.4. The summed E-state index contributed by atoms with van der Waals surface area (Å²) in [4.78, 5) is 26.1. The molecule has 6 heteroatoms. The van der Waals surface area contributed by atoms with Gasteiger partial charge in [-0.2, -0.15) is 0 Å². The molecular formula is C53H97NO5. The summed E-state index contributed by atoms with van der Waals surface area (Å²) in [6, 6.07) is -0.707. The van der Waals surface area contributed by atoms with Crippen LogP contribution in [-0.2, 0) is 14.3 Å². The topological polar surface area (TPSA) is 95.9 Å². The number of allylic oxidation sites excluding steroid dienone is 8. The quantitative estimate of drug-likeness (QED) is 0.0246. The zero-order valence-electron chi connectivity index (χ0n) is 39.1. The van der Waals surface area contributed by atoms with E-state index < -0.39 is 18.2 Å². The fourth-order valence-electron chi connectivity index (χ4n) is 7.58. The van der Waals surface area contributed by atoms with Crippen LogP contribution in [-0.4, -0.2) is 46.9 Å². The van der Waals surface area contributed by atoms with Crippen molar-refractivity contribution in [2.45, 2.75) is 270 Å². The molecule has 0 rings (SSSR count). The number of aliphatic hydroxyl groups is 2. The van der Waals surface area contributed by atoms with E-state index >= 15 is 0 Å². The molecule has 0 aliphatic carbocycles. The van der Waals surface area contributed by atoms with Gasteiger partial charge in [0.25, 0.3) is 0 Å². The summed E-state index contributed by atoms with van der Waals surface area (Å²) in [5.74, 6) is -0.498. The number of rotatable bonds is 45. The normalized spacial score (nSPS) is 13.6. The Morgan fingerprint density at radius 3 is 1.51 bits per heavy atom. The van der Waals surface area contributed by atoms with E-state index in [4.69, 9.17) is 4.74 Å². The largest absolute Gasteiger partial charge is 0.462 e. The van der Waals surface area contributed by atoms with Gasteiger partial charge in [0, 0.05) is 6.42 Å². The molecule has 0 aromatic heterocycles. The molecule has 3 N–H and O–H groups in total. The molecule has 0 heterocycles. The molecule has 0 aromatic rings. The van der Waals surface area contributed by atoms with E-state index in [2.05, 4.69) is 74.7 Å². The third kappa shape index (κ3) is 42.3. The smallest absolute Gasteiger partial charge is 0.306 e. The van der Waals surface area contributed by atoms with Crippen molar-refractivity contribution >= 4 is 11.9 Å². The van der Waals surface area contributed by atoms with Gasteiger partial charge >= 0.3 is 5.97 Å². The van der Waals surface area contributed by atoms with Crippen LogP contribution in [0.15, 0.2) is 48.6 Å². The maximum atomic E-state index is 13.2. The van der Waals surface area contributed by atoms with Gasteiger partial charge in [-0.3, -0.25) is 9.59 Å². The van der Waals surface area contributed by atoms with Crippen LogP contribution in [0, 0.1) is 0 Å². The van der Waals surface area contributed by atoms with Crippen LogP contribution in [0.1, 0.15) is 252 Å². The van der Waals surface area contributed by atoms with E-state index in [1.165, 1.54) is 122 Å². The minimum absolute atomic E-state index is 0.0636. The van der Waals surface area contributed by atoms with E-state index in [1.54, 1.807) is 0 Å². The van der Waals surface area contributed by atoms with Gasteiger partial charge in [-0.1, -0.05) is 211 Å². The Bertz CT molecular complexity index is 1020. The number of carbonyl (C=O) groups is 2. The average Bonchev–Trinajstić information content (AvgIpc) is 3.23. The molecule has 0 saturated heterocycles. The number of hydrogen-bond acceptors (Lipinski definition) is 5.